The normalized spacial score (nSPS) is 9.95. The number of carbonyl (C=O) groups is 2. The van der Waals surface area contributed by atoms with Crippen molar-refractivity contribution in [1.82, 2.24) is 0 Å². The smallest absolute Gasteiger partial charge is 0.328 e. The molecule has 0 saturated heterocycles. The van der Waals surface area contributed by atoms with Gasteiger partial charge in [-0.1, -0.05) is 35.7 Å². The first kappa shape index (κ1) is 15.1. The van der Waals surface area contributed by atoms with Crippen molar-refractivity contribution >= 4 is 28.9 Å². The van der Waals surface area contributed by atoms with Crippen LogP contribution in [0.2, 0.25) is 0 Å². The van der Waals surface area contributed by atoms with E-state index < -0.39 is 5.97 Å². The molecule has 1 aromatic rings. The Bertz CT molecular complexity index is 533. The van der Waals surface area contributed by atoms with Crippen LogP contribution in [0.5, 0.6) is 0 Å². The Balaban J connectivity index is 2.50. The van der Waals surface area contributed by atoms with Gasteiger partial charge in [0.1, 0.15) is 0 Å². The predicted octanol–water partition coefficient (Wildman–Crippen LogP) is 2.81. The van der Waals surface area contributed by atoms with E-state index in [2.05, 4.69) is 11.8 Å². The summed E-state index contributed by atoms with van der Waals surface area (Å²) in [5, 5.41) is 8.61. The molecule has 0 heterocycles. The molecule has 0 aromatic heterocycles. The van der Waals surface area contributed by atoms with Gasteiger partial charge in [0, 0.05) is 30.7 Å². The fourth-order valence-electron chi connectivity index (χ4n) is 1.26. The molecule has 3 nitrogen and oxygen atoms in total. The van der Waals surface area contributed by atoms with Crippen molar-refractivity contribution < 1.29 is 14.7 Å². The molecule has 0 saturated carbocycles. The first-order valence-corrected chi connectivity index (χ1v) is 6.70. The van der Waals surface area contributed by atoms with Gasteiger partial charge in [-0.2, -0.15) is 0 Å². The van der Waals surface area contributed by atoms with Crippen LogP contribution in [0, 0.1) is 11.8 Å². The zero-order chi connectivity index (χ0) is 14.1. The van der Waals surface area contributed by atoms with Gasteiger partial charge in [0.05, 0.1) is 0 Å². The Hall–Kier alpha value is -1.99. The van der Waals surface area contributed by atoms with Gasteiger partial charge in [0.15, 0.2) is 5.12 Å². The van der Waals surface area contributed by atoms with Crippen LogP contribution in [0.3, 0.4) is 0 Å². The summed E-state index contributed by atoms with van der Waals surface area (Å²) in [6.45, 7) is 1.54. The number of carbonyl (C=O) groups excluding carboxylic acids is 1. The van der Waals surface area contributed by atoms with E-state index in [1.807, 2.05) is 24.3 Å². The third-order valence-electron chi connectivity index (χ3n) is 2.09. The maximum absolute atomic E-state index is 10.7. The Morgan fingerprint density at radius 3 is 2.58 bits per heavy atom. The monoisotopic (exact) mass is 274 g/mol. The summed E-state index contributed by atoms with van der Waals surface area (Å²) in [4.78, 5) is 21.0. The van der Waals surface area contributed by atoms with Gasteiger partial charge in [-0.3, -0.25) is 4.79 Å². The first-order chi connectivity index (χ1) is 9.08. The molecular formula is C15H14O3S. The Labute approximate surface area is 116 Å². The lowest BCUT2D eigenvalue weighted by Gasteiger charge is -1.93. The highest BCUT2D eigenvalue weighted by Crippen LogP contribution is 2.06. The molecule has 0 amide bonds. The molecule has 0 aliphatic heterocycles. The van der Waals surface area contributed by atoms with Crippen LogP contribution in [0.4, 0.5) is 0 Å². The lowest BCUT2D eigenvalue weighted by molar-refractivity contribution is -0.131. The van der Waals surface area contributed by atoms with Crippen molar-refractivity contribution in [3.8, 4) is 11.8 Å². The topological polar surface area (TPSA) is 54.4 Å². The summed E-state index contributed by atoms with van der Waals surface area (Å²) in [6.07, 6.45) is 3.30. The third kappa shape index (κ3) is 7.12. The highest BCUT2D eigenvalue weighted by molar-refractivity contribution is 8.13. The van der Waals surface area contributed by atoms with Crippen molar-refractivity contribution in [2.24, 2.45) is 0 Å². The van der Waals surface area contributed by atoms with E-state index in [-0.39, 0.29) is 5.12 Å². The van der Waals surface area contributed by atoms with Crippen LogP contribution < -0.4 is 0 Å². The van der Waals surface area contributed by atoms with Crippen molar-refractivity contribution in [3.63, 3.8) is 0 Å². The predicted molar refractivity (Wildman–Crippen MR) is 77.7 cm³/mol. The van der Waals surface area contributed by atoms with Gasteiger partial charge in [0.2, 0.25) is 0 Å². The van der Waals surface area contributed by atoms with Gasteiger partial charge >= 0.3 is 5.97 Å². The summed E-state index contributed by atoms with van der Waals surface area (Å²) < 4.78 is 0. The summed E-state index contributed by atoms with van der Waals surface area (Å²) in [5.74, 6) is 5.73. The van der Waals surface area contributed by atoms with Crippen LogP contribution in [-0.4, -0.2) is 21.9 Å². The number of hydrogen-bond donors (Lipinski definition) is 1. The number of rotatable bonds is 4. The average Bonchev–Trinajstić information content (AvgIpc) is 2.37. The quantitative estimate of drug-likeness (QED) is 0.521. The maximum Gasteiger partial charge on any atom is 0.328 e. The summed E-state index contributed by atoms with van der Waals surface area (Å²) in [7, 11) is 0. The molecule has 0 aliphatic rings. The molecule has 0 radical (unpaired) electrons. The van der Waals surface area contributed by atoms with E-state index >= 15 is 0 Å². The Morgan fingerprint density at radius 1 is 1.32 bits per heavy atom. The zero-order valence-corrected chi connectivity index (χ0v) is 11.4. The zero-order valence-electron chi connectivity index (χ0n) is 10.6. The number of hydrogen-bond acceptors (Lipinski definition) is 3. The average molecular weight is 274 g/mol. The lowest BCUT2D eigenvalue weighted by atomic mass is 10.1. The largest absolute Gasteiger partial charge is 0.478 e. The van der Waals surface area contributed by atoms with Crippen LogP contribution in [-0.2, 0) is 9.59 Å². The molecular weight excluding hydrogens is 260 g/mol. The molecule has 0 aliphatic carbocycles. The number of carboxylic acids is 1. The number of carboxylic acid groups (broad SMARTS) is 1. The molecule has 4 heteroatoms. The minimum absolute atomic E-state index is 0.108. The summed E-state index contributed by atoms with van der Waals surface area (Å²) >= 11 is 1.27. The molecule has 0 fully saturated rings. The summed E-state index contributed by atoms with van der Waals surface area (Å²) in [5.41, 5.74) is 1.69. The third-order valence-corrected chi connectivity index (χ3v) is 2.91. The molecule has 0 spiro atoms. The minimum Gasteiger partial charge on any atom is -0.478 e. The van der Waals surface area contributed by atoms with Crippen LogP contribution in [0.15, 0.2) is 30.3 Å². The highest BCUT2D eigenvalue weighted by Gasteiger charge is 1.92. The lowest BCUT2D eigenvalue weighted by Crippen LogP contribution is -1.85. The van der Waals surface area contributed by atoms with E-state index in [0.29, 0.717) is 12.2 Å². The molecule has 19 heavy (non-hydrogen) atoms. The van der Waals surface area contributed by atoms with Crippen molar-refractivity contribution in [2.45, 2.75) is 13.3 Å². The molecule has 98 valence electrons. The molecule has 1 rings (SSSR count). The van der Waals surface area contributed by atoms with E-state index in [1.54, 1.807) is 6.92 Å². The van der Waals surface area contributed by atoms with Gasteiger partial charge in [-0.05, 0) is 23.8 Å². The molecule has 1 aromatic carbocycles. The van der Waals surface area contributed by atoms with Gasteiger partial charge in [0.25, 0.3) is 0 Å². The van der Waals surface area contributed by atoms with Crippen LogP contribution >= 0.6 is 11.8 Å². The number of aliphatic carboxylic acids is 1. The highest BCUT2D eigenvalue weighted by atomic mass is 32.2. The Kier molecular flexibility index (Phi) is 6.48. The standard InChI is InChI=1S/C15H14O3S/c1-12(16)19-11-3-2-4-13-5-7-14(8-6-13)9-10-15(17)18/h5-10H,3,11H2,1H3,(H,17,18)/b10-9+. The van der Waals surface area contributed by atoms with E-state index in [9.17, 15) is 9.59 Å². The van der Waals surface area contributed by atoms with Crippen molar-refractivity contribution in [1.29, 1.82) is 0 Å². The SMILES string of the molecule is CC(=O)SCCC#Cc1ccc(/C=C/C(=O)O)cc1. The second-order valence-corrected chi connectivity index (χ2v) is 4.96. The molecule has 1 N–H and O–H groups in total. The molecule has 0 bridgehead atoms. The van der Waals surface area contributed by atoms with Crippen LogP contribution in [0.25, 0.3) is 6.08 Å². The van der Waals surface area contributed by atoms with Gasteiger partial charge < -0.3 is 5.11 Å². The second-order valence-electron chi connectivity index (χ2n) is 3.69. The fourth-order valence-corrected chi connectivity index (χ4v) is 1.75. The number of thioether (sulfide) groups is 1. The van der Waals surface area contributed by atoms with E-state index in [4.69, 9.17) is 5.11 Å². The first-order valence-electron chi connectivity index (χ1n) is 5.71. The summed E-state index contributed by atoms with van der Waals surface area (Å²) in [6, 6.07) is 7.31. The molecule has 0 unspecified atom stereocenters. The Morgan fingerprint density at radius 2 is 2.00 bits per heavy atom. The van der Waals surface area contributed by atoms with Crippen LogP contribution in [0.1, 0.15) is 24.5 Å². The number of benzene rings is 1. The fraction of sp³-hybridized carbons (Fsp3) is 0.200. The van der Waals surface area contributed by atoms with Crippen molar-refractivity contribution in [2.75, 3.05) is 5.75 Å². The van der Waals surface area contributed by atoms with E-state index in [0.717, 1.165) is 17.2 Å². The molecule has 0 atom stereocenters. The van der Waals surface area contributed by atoms with E-state index in [1.165, 1.54) is 17.8 Å². The second kappa shape index (κ2) is 8.17. The van der Waals surface area contributed by atoms with Gasteiger partial charge in [-0.15, -0.1) is 0 Å². The maximum atomic E-state index is 10.7. The van der Waals surface area contributed by atoms with Crippen molar-refractivity contribution in [3.05, 3.63) is 41.5 Å². The van der Waals surface area contributed by atoms with Gasteiger partial charge in [-0.25, -0.2) is 4.79 Å². The minimum atomic E-state index is -0.966.